The molecule has 0 radical (unpaired) electrons. The zero-order valence-corrected chi connectivity index (χ0v) is 32.8. The van der Waals surface area contributed by atoms with Crippen molar-refractivity contribution in [3.05, 3.63) is 142 Å². The van der Waals surface area contributed by atoms with Gasteiger partial charge >= 0.3 is 6.09 Å². The molecule has 3 saturated heterocycles. The van der Waals surface area contributed by atoms with Gasteiger partial charge in [-0.25, -0.2) is 4.79 Å². The van der Waals surface area contributed by atoms with Crippen molar-refractivity contribution in [1.82, 2.24) is 15.6 Å². The second-order valence-electron chi connectivity index (χ2n) is 15.9. The molecular weight excluding hydrogens is 717 g/mol. The van der Waals surface area contributed by atoms with E-state index in [0.29, 0.717) is 35.5 Å². The summed E-state index contributed by atoms with van der Waals surface area (Å²) in [6, 6.07) is 34.5. The molecule has 3 atom stereocenters. The Morgan fingerprint density at radius 2 is 1.61 bits per heavy atom. The molecule has 4 aromatic carbocycles. The molecule has 10 heteroatoms. The number of aromatic amines is 1. The van der Waals surface area contributed by atoms with E-state index in [2.05, 4.69) is 45.9 Å². The largest absolute Gasteiger partial charge is 0.506 e. The number of carbonyl (C=O) groups is 1. The number of carbonyl (C=O) groups excluding carboxylic acids is 1. The lowest BCUT2D eigenvalue weighted by molar-refractivity contribution is -0.946. The van der Waals surface area contributed by atoms with Crippen LogP contribution in [0.5, 0.6) is 11.5 Å². The predicted molar refractivity (Wildman–Crippen MR) is 223 cm³/mol. The van der Waals surface area contributed by atoms with Crippen LogP contribution in [-0.2, 0) is 11.2 Å². The first-order valence-corrected chi connectivity index (χ1v) is 20.7. The number of benzene rings is 4. The first kappa shape index (κ1) is 40.1. The van der Waals surface area contributed by atoms with E-state index in [4.69, 9.17) is 9.47 Å². The second-order valence-corrected chi connectivity index (χ2v) is 15.9. The number of piperidine rings is 3. The molecule has 0 saturated carbocycles. The first-order valence-electron chi connectivity index (χ1n) is 20.7. The topological polar surface area (TPSA) is 133 Å². The maximum atomic E-state index is 13.6. The Morgan fingerprint density at radius 3 is 2.42 bits per heavy atom. The van der Waals surface area contributed by atoms with Crippen molar-refractivity contribution in [2.45, 2.75) is 69.6 Å². The number of nitrogens with zero attached hydrogens (tertiary/aromatic N) is 1. The van der Waals surface area contributed by atoms with Gasteiger partial charge in [0.2, 0.25) is 5.56 Å². The molecule has 4 heterocycles. The van der Waals surface area contributed by atoms with E-state index in [9.17, 15) is 19.8 Å². The lowest BCUT2D eigenvalue weighted by Crippen LogP contribution is -2.64. The molecule has 3 aliphatic rings. The molecule has 0 aliphatic carbocycles. The number of quaternary nitrogens is 1. The zero-order valence-electron chi connectivity index (χ0n) is 32.8. The number of ether oxygens (including phenoxy) is 2. The quantitative estimate of drug-likeness (QED) is 0.0433. The SMILES string of the molecule is O=C(NC(c1ccccc1)c1cccc(OCCCCCNC[C@H](O)c2ccc(O)c3[nH]c(=O)ccc23)c1)O[C@H]1C[N+]2(CCCCc3ccccc3)CCC1CC2. The Bertz CT molecular complexity index is 2100. The van der Waals surface area contributed by atoms with Crippen molar-refractivity contribution in [1.29, 1.82) is 0 Å². The van der Waals surface area contributed by atoms with Crippen molar-refractivity contribution in [2.75, 3.05) is 45.9 Å². The summed E-state index contributed by atoms with van der Waals surface area (Å²) in [6.07, 6.45) is 7.20. The summed E-state index contributed by atoms with van der Waals surface area (Å²) in [5.74, 6) is 1.15. The number of aromatic nitrogens is 1. The molecule has 1 amide bonds. The summed E-state index contributed by atoms with van der Waals surface area (Å²) >= 11 is 0. The number of phenols is 1. The molecule has 0 spiro atoms. The molecule has 3 fully saturated rings. The second kappa shape index (κ2) is 19.3. The number of H-pyrrole nitrogens is 1. The smallest absolute Gasteiger partial charge is 0.408 e. The third kappa shape index (κ3) is 10.6. The minimum absolute atomic E-state index is 0.0251. The van der Waals surface area contributed by atoms with Crippen LogP contribution in [0.25, 0.3) is 10.9 Å². The third-order valence-electron chi connectivity index (χ3n) is 11.9. The monoisotopic (exact) mass is 773 g/mol. The normalized spacial score (nSPS) is 19.9. The third-order valence-corrected chi connectivity index (χ3v) is 11.9. The number of alkyl carbamates (subject to hydrolysis) is 1. The highest BCUT2D eigenvalue weighted by Crippen LogP contribution is 2.36. The van der Waals surface area contributed by atoms with Crippen LogP contribution in [0.1, 0.15) is 79.3 Å². The van der Waals surface area contributed by atoms with Crippen LogP contribution in [0.3, 0.4) is 0 Å². The number of aliphatic hydroxyl groups excluding tert-OH is 1. The number of phenolic OH excluding ortho intramolecular Hbond substituents is 1. The van der Waals surface area contributed by atoms with Gasteiger partial charge in [0, 0.05) is 36.8 Å². The summed E-state index contributed by atoms with van der Waals surface area (Å²) < 4.78 is 13.5. The highest BCUT2D eigenvalue weighted by Gasteiger charge is 2.47. The van der Waals surface area contributed by atoms with Gasteiger partial charge in [0.05, 0.1) is 43.9 Å². The maximum absolute atomic E-state index is 13.6. The zero-order chi connectivity index (χ0) is 39.5. The van der Waals surface area contributed by atoms with Crippen LogP contribution >= 0.6 is 0 Å². The first-order chi connectivity index (χ1) is 27.9. The van der Waals surface area contributed by atoms with E-state index in [-0.39, 0.29) is 29.5 Å². The van der Waals surface area contributed by atoms with E-state index >= 15 is 0 Å². The van der Waals surface area contributed by atoms with Crippen molar-refractivity contribution in [3.63, 3.8) is 0 Å². The summed E-state index contributed by atoms with van der Waals surface area (Å²) in [4.78, 5) is 28.0. The Labute approximate surface area is 335 Å². The lowest BCUT2D eigenvalue weighted by Gasteiger charge is -2.52. The number of unbranched alkanes of at least 4 members (excludes halogenated alkanes) is 3. The molecule has 5 N–H and O–H groups in total. The Hall–Kier alpha value is -5.16. The number of hydrogen-bond donors (Lipinski definition) is 5. The van der Waals surface area contributed by atoms with E-state index in [1.54, 1.807) is 12.1 Å². The van der Waals surface area contributed by atoms with Crippen molar-refractivity contribution >= 4 is 17.0 Å². The molecule has 300 valence electrons. The number of aryl methyl sites for hydroxylation is 1. The van der Waals surface area contributed by atoms with Crippen molar-refractivity contribution in [3.8, 4) is 11.5 Å². The molecule has 57 heavy (non-hydrogen) atoms. The number of nitrogens with one attached hydrogen (secondary N) is 3. The van der Waals surface area contributed by atoms with Crippen molar-refractivity contribution < 1.29 is 29.0 Å². The number of rotatable bonds is 19. The minimum atomic E-state index is -0.787. The highest BCUT2D eigenvalue weighted by atomic mass is 16.6. The summed E-state index contributed by atoms with van der Waals surface area (Å²) in [7, 11) is 0. The van der Waals surface area contributed by atoms with Crippen LogP contribution in [0.2, 0.25) is 0 Å². The molecule has 8 rings (SSSR count). The number of aromatic hydroxyl groups is 1. The van der Waals surface area contributed by atoms with Gasteiger partial charge in [0.15, 0.2) is 6.10 Å². The molecule has 1 unspecified atom stereocenters. The van der Waals surface area contributed by atoms with E-state index < -0.39 is 6.10 Å². The fourth-order valence-corrected chi connectivity index (χ4v) is 8.79. The van der Waals surface area contributed by atoms with E-state index in [0.717, 1.165) is 79.5 Å². The molecular formula is C47H57N4O6+. The van der Waals surface area contributed by atoms with E-state index in [1.165, 1.54) is 43.6 Å². The standard InChI is InChI=1S/C47H56N4O6/c52-41-22-20-39(40-21-23-44(54)49-46(40)41)42(53)32-48-26-9-3-11-30-56-38-19-12-18-37(31-38)45(36-16-6-2-7-17-36)50-47(55)57-43-33-51(28-24-35(43)25-29-51)27-10-8-15-34-13-4-1-5-14-34/h1-2,4-7,12-14,16-23,31,35,42-43,45,48,53H,3,8-11,15,24-30,32-33H2,(H2-,49,50,52,54,55)/p+1/t35?,42-,43-,45?,51?/m0/s1. The maximum Gasteiger partial charge on any atom is 0.408 e. The summed E-state index contributed by atoms with van der Waals surface area (Å²) in [6.45, 7) is 6.06. The minimum Gasteiger partial charge on any atom is -0.506 e. The molecule has 1 aromatic heterocycles. The van der Waals surface area contributed by atoms with Gasteiger partial charge in [-0.3, -0.25) is 4.79 Å². The van der Waals surface area contributed by atoms with Gasteiger partial charge in [-0.1, -0.05) is 78.9 Å². The van der Waals surface area contributed by atoms with E-state index in [1.807, 2.05) is 54.6 Å². The fourth-order valence-electron chi connectivity index (χ4n) is 8.79. The number of fused-ring (bicyclic) bond motifs is 4. The van der Waals surface area contributed by atoms with Crippen molar-refractivity contribution in [2.24, 2.45) is 5.92 Å². The van der Waals surface area contributed by atoms with Gasteiger partial charge in [0.1, 0.15) is 18.0 Å². The average Bonchev–Trinajstić information content (AvgIpc) is 3.24. The fraction of sp³-hybridized carbons (Fsp3) is 0.404. The van der Waals surface area contributed by atoms with Crippen LogP contribution in [0, 0.1) is 5.92 Å². The number of hydrogen-bond acceptors (Lipinski definition) is 7. The Balaban J connectivity index is 0.862. The van der Waals surface area contributed by atoms with Crippen LogP contribution in [0.4, 0.5) is 4.79 Å². The number of aliphatic hydroxyl groups is 1. The number of pyridine rings is 1. The summed E-state index contributed by atoms with van der Waals surface area (Å²) in [5.41, 5.74) is 3.98. The van der Waals surface area contributed by atoms with Crippen LogP contribution < -0.4 is 20.9 Å². The van der Waals surface area contributed by atoms with Crippen LogP contribution in [0.15, 0.2) is 114 Å². The Kier molecular flexibility index (Phi) is 13.6. The average molecular weight is 774 g/mol. The van der Waals surface area contributed by atoms with Gasteiger partial charge in [0.25, 0.3) is 0 Å². The summed E-state index contributed by atoms with van der Waals surface area (Å²) in [5, 5.41) is 28.1. The van der Waals surface area contributed by atoms with Gasteiger partial charge in [-0.05, 0) is 91.6 Å². The van der Waals surface area contributed by atoms with Crippen LogP contribution in [-0.4, -0.2) is 77.8 Å². The molecule has 5 aromatic rings. The molecule has 10 nitrogen and oxygen atoms in total. The van der Waals surface area contributed by atoms with Gasteiger partial charge in [-0.2, -0.15) is 0 Å². The lowest BCUT2D eigenvalue weighted by atomic mass is 9.83. The molecule has 3 aliphatic heterocycles. The predicted octanol–water partition coefficient (Wildman–Crippen LogP) is 7.55. The van der Waals surface area contributed by atoms with Gasteiger partial charge < -0.3 is 39.8 Å². The number of amides is 1. The van der Waals surface area contributed by atoms with Gasteiger partial charge in [-0.15, -0.1) is 0 Å². The molecule has 2 bridgehead atoms. The highest BCUT2D eigenvalue weighted by molar-refractivity contribution is 5.87. The Morgan fingerprint density at radius 1 is 0.842 bits per heavy atom.